The van der Waals surface area contributed by atoms with Crippen molar-refractivity contribution >= 4 is 50.1 Å². The number of nitrogens with two attached hydrogens (primary N) is 1. The highest BCUT2D eigenvalue weighted by molar-refractivity contribution is 14.1. The molecule has 1 atom stereocenters. The number of benzene rings is 1. The second-order valence-electron chi connectivity index (χ2n) is 3.28. The van der Waals surface area contributed by atoms with Gasteiger partial charge in [-0.1, -0.05) is 11.6 Å². The molecule has 0 aliphatic rings. The zero-order valence-electron chi connectivity index (χ0n) is 8.08. The van der Waals surface area contributed by atoms with Crippen LogP contribution in [0.15, 0.2) is 39.4 Å². The van der Waals surface area contributed by atoms with Crippen molar-refractivity contribution < 1.29 is 4.42 Å². The zero-order chi connectivity index (χ0) is 11.7. The fourth-order valence-electron chi connectivity index (χ4n) is 1.42. The second-order valence-corrected chi connectivity index (χ2v) is 5.73. The van der Waals surface area contributed by atoms with E-state index in [9.17, 15) is 0 Å². The van der Waals surface area contributed by atoms with Crippen molar-refractivity contribution in [3.63, 3.8) is 0 Å². The summed E-state index contributed by atoms with van der Waals surface area (Å²) in [6.45, 7) is 0. The summed E-state index contributed by atoms with van der Waals surface area (Å²) in [5.74, 6) is 0.709. The van der Waals surface area contributed by atoms with Crippen LogP contribution in [0, 0.1) is 3.57 Å². The van der Waals surface area contributed by atoms with Crippen LogP contribution in [0.4, 0.5) is 0 Å². The molecule has 16 heavy (non-hydrogen) atoms. The third-order valence-corrected chi connectivity index (χ3v) is 4.09. The van der Waals surface area contributed by atoms with Crippen LogP contribution in [0.3, 0.4) is 0 Å². The van der Waals surface area contributed by atoms with E-state index in [0.717, 1.165) is 13.6 Å². The smallest absolute Gasteiger partial charge is 0.139 e. The summed E-state index contributed by atoms with van der Waals surface area (Å²) in [4.78, 5) is 0. The minimum atomic E-state index is -0.310. The van der Waals surface area contributed by atoms with E-state index in [0.29, 0.717) is 10.8 Å². The van der Waals surface area contributed by atoms with Crippen molar-refractivity contribution in [2.24, 2.45) is 5.73 Å². The molecule has 2 nitrogen and oxygen atoms in total. The van der Waals surface area contributed by atoms with Gasteiger partial charge in [0.25, 0.3) is 0 Å². The molecule has 2 aromatic rings. The van der Waals surface area contributed by atoms with Gasteiger partial charge in [0.15, 0.2) is 0 Å². The Morgan fingerprint density at radius 3 is 2.75 bits per heavy atom. The predicted octanol–water partition coefficient (Wildman–Crippen LogP) is 4.35. The Hall–Kier alpha value is -0.0400. The summed E-state index contributed by atoms with van der Waals surface area (Å²) < 4.78 is 7.30. The maximum atomic E-state index is 6.14. The Labute approximate surface area is 120 Å². The van der Waals surface area contributed by atoms with E-state index in [-0.39, 0.29) is 6.04 Å². The molecule has 2 N–H and O–H groups in total. The van der Waals surface area contributed by atoms with E-state index in [1.165, 1.54) is 0 Å². The Morgan fingerprint density at radius 2 is 2.12 bits per heavy atom. The first kappa shape index (κ1) is 12.4. The van der Waals surface area contributed by atoms with Crippen molar-refractivity contribution in [1.82, 2.24) is 0 Å². The molecule has 0 saturated carbocycles. The molecule has 1 aromatic heterocycles. The quantitative estimate of drug-likeness (QED) is 0.745. The molecular formula is C11H8BrClINO. The van der Waals surface area contributed by atoms with Gasteiger partial charge in [0.2, 0.25) is 0 Å². The van der Waals surface area contributed by atoms with Gasteiger partial charge in [0.1, 0.15) is 5.76 Å². The van der Waals surface area contributed by atoms with Gasteiger partial charge < -0.3 is 10.2 Å². The Bertz CT molecular complexity index is 514. The van der Waals surface area contributed by atoms with Gasteiger partial charge in [-0.25, -0.2) is 0 Å². The first-order chi connectivity index (χ1) is 7.59. The molecular weight excluding hydrogens is 404 g/mol. The standard InChI is InChI=1S/C11H8BrClINO/c12-8-3-4-16-11(8)10(15)7-5-6(13)1-2-9(7)14/h1-5,10H,15H2. The number of rotatable bonds is 2. The summed E-state index contributed by atoms with van der Waals surface area (Å²) in [5.41, 5.74) is 7.11. The Kier molecular flexibility index (Phi) is 3.94. The van der Waals surface area contributed by atoms with E-state index < -0.39 is 0 Å². The number of furan rings is 1. The normalized spacial score (nSPS) is 12.8. The number of hydrogen-bond acceptors (Lipinski definition) is 2. The highest BCUT2D eigenvalue weighted by Gasteiger charge is 2.18. The fourth-order valence-corrected chi connectivity index (χ4v) is 2.72. The highest BCUT2D eigenvalue weighted by atomic mass is 127. The van der Waals surface area contributed by atoms with Crippen LogP contribution in [-0.2, 0) is 0 Å². The largest absolute Gasteiger partial charge is 0.466 e. The maximum absolute atomic E-state index is 6.14. The van der Waals surface area contributed by atoms with Gasteiger partial charge in [-0.2, -0.15) is 0 Å². The molecule has 0 fully saturated rings. The van der Waals surface area contributed by atoms with Crippen LogP contribution in [0.1, 0.15) is 17.4 Å². The first-order valence-electron chi connectivity index (χ1n) is 4.53. The summed E-state index contributed by atoms with van der Waals surface area (Å²) in [6.07, 6.45) is 1.61. The van der Waals surface area contributed by atoms with Gasteiger partial charge in [-0.3, -0.25) is 0 Å². The Balaban J connectivity index is 2.45. The summed E-state index contributed by atoms with van der Waals surface area (Å²) in [7, 11) is 0. The molecule has 1 aromatic carbocycles. The number of hydrogen-bond donors (Lipinski definition) is 1. The minimum absolute atomic E-state index is 0.310. The summed E-state index contributed by atoms with van der Waals surface area (Å²) >= 11 is 11.6. The van der Waals surface area contributed by atoms with Gasteiger partial charge in [-0.15, -0.1) is 0 Å². The average molecular weight is 412 g/mol. The van der Waals surface area contributed by atoms with Crippen molar-refractivity contribution in [2.75, 3.05) is 0 Å². The van der Waals surface area contributed by atoms with Gasteiger partial charge in [0, 0.05) is 8.59 Å². The van der Waals surface area contributed by atoms with Crippen molar-refractivity contribution in [3.05, 3.63) is 54.9 Å². The molecule has 0 spiro atoms. The average Bonchev–Trinajstić information content (AvgIpc) is 2.67. The molecule has 0 aliphatic carbocycles. The highest BCUT2D eigenvalue weighted by Crippen LogP contribution is 2.31. The van der Waals surface area contributed by atoms with Gasteiger partial charge in [0.05, 0.1) is 16.8 Å². The summed E-state index contributed by atoms with van der Waals surface area (Å²) in [5, 5.41) is 0.675. The molecule has 84 valence electrons. The lowest BCUT2D eigenvalue weighted by molar-refractivity contribution is 0.487. The van der Waals surface area contributed by atoms with Gasteiger partial charge in [-0.05, 0) is 68.3 Å². The minimum Gasteiger partial charge on any atom is -0.466 e. The monoisotopic (exact) mass is 411 g/mol. The van der Waals surface area contributed by atoms with Gasteiger partial charge >= 0.3 is 0 Å². The molecule has 1 heterocycles. The molecule has 0 bridgehead atoms. The molecule has 0 aliphatic heterocycles. The molecule has 5 heteroatoms. The topological polar surface area (TPSA) is 39.2 Å². The van der Waals surface area contributed by atoms with E-state index in [2.05, 4.69) is 38.5 Å². The van der Waals surface area contributed by atoms with Crippen LogP contribution in [0.2, 0.25) is 5.02 Å². The van der Waals surface area contributed by atoms with Crippen LogP contribution < -0.4 is 5.73 Å². The summed E-state index contributed by atoms with van der Waals surface area (Å²) in [6, 6.07) is 7.16. The van der Waals surface area contributed by atoms with Crippen LogP contribution in [0.5, 0.6) is 0 Å². The van der Waals surface area contributed by atoms with E-state index in [4.69, 9.17) is 21.8 Å². The Morgan fingerprint density at radius 1 is 1.38 bits per heavy atom. The fraction of sp³-hybridized carbons (Fsp3) is 0.0909. The molecule has 0 saturated heterocycles. The predicted molar refractivity (Wildman–Crippen MR) is 76.6 cm³/mol. The molecule has 1 unspecified atom stereocenters. The lowest BCUT2D eigenvalue weighted by Crippen LogP contribution is -2.13. The van der Waals surface area contributed by atoms with E-state index >= 15 is 0 Å². The van der Waals surface area contributed by atoms with E-state index in [1.807, 2.05) is 24.3 Å². The third kappa shape index (κ3) is 2.45. The van der Waals surface area contributed by atoms with Crippen LogP contribution in [0.25, 0.3) is 0 Å². The van der Waals surface area contributed by atoms with Crippen LogP contribution >= 0.6 is 50.1 Å². The first-order valence-corrected chi connectivity index (χ1v) is 6.78. The van der Waals surface area contributed by atoms with Crippen molar-refractivity contribution in [3.8, 4) is 0 Å². The lowest BCUT2D eigenvalue weighted by atomic mass is 10.1. The lowest BCUT2D eigenvalue weighted by Gasteiger charge is -2.12. The van der Waals surface area contributed by atoms with E-state index in [1.54, 1.807) is 6.26 Å². The van der Waals surface area contributed by atoms with Crippen LogP contribution in [-0.4, -0.2) is 0 Å². The molecule has 0 radical (unpaired) electrons. The zero-order valence-corrected chi connectivity index (χ0v) is 12.6. The maximum Gasteiger partial charge on any atom is 0.139 e. The van der Waals surface area contributed by atoms with Crippen molar-refractivity contribution in [2.45, 2.75) is 6.04 Å². The SMILES string of the molecule is NC(c1cc(Cl)ccc1I)c1occc1Br. The van der Waals surface area contributed by atoms with Crippen molar-refractivity contribution in [1.29, 1.82) is 0 Å². The molecule has 0 amide bonds. The number of halogens is 3. The third-order valence-electron chi connectivity index (χ3n) is 2.22. The molecule has 2 rings (SSSR count). The second kappa shape index (κ2) is 5.08.